The molecule has 2 saturated heterocycles. The Balaban J connectivity index is 1.63. The van der Waals surface area contributed by atoms with Gasteiger partial charge in [-0.05, 0) is 43.6 Å². The third-order valence-corrected chi connectivity index (χ3v) is 5.39. The van der Waals surface area contributed by atoms with Gasteiger partial charge in [0, 0.05) is 38.1 Å². The summed E-state index contributed by atoms with van der Waals surface area (Å²) in [5.41, 5.74) is 0.556. The largest absolute Gasteiger partial charge is 0.390 e. The molecule has 0 radical (unpaired) electrons. The summed E-state index contributed by atoms with van der Waals surface area (Å²) in [6, 6.07) is 6.54. The number of benzene rings is 1. The smallest absolute Gasteiger partial charge is 0.228 e. The molecule has 3 rings (SSSR count). The van der Waals surface area contributed by atoms with Crippen LogP contribution in [0.2, 0.25) is 0 Å². The number of aliphatic hydroxyl groups excluding tert-OH is 1. The summed E-state index contributed by atoms with van der Waals surface area (Å²) in [7, 11) is 0. The molecule has 2 N–H and O–H groups in total. The van der Waals surface area contributed by atoms with Gasteiger partial charge in [-0.1, -0.05) is 19.1 Å². The molecule has 0 spiro atoms. The lowest BCUT2D eigenvalue weighted by molar-refractivity contribution is -0.143. The van der Waals surface area contributed by atoms with E-state index in [-0.39, 0.29) is 17.1 Å². The van der Waals surface area contributed by atoms with Gasteiger partial charge in [0.1, 0.15) is 5.82 Å². The molecule has 138 valence electrons. The van der Waals surface area contributed by atoms with E-state index in [1.165, 1.54) is 12.1 Å². The topological polar surface area (TPSA) is 55.8 Å². The molecule has 2 fully saturated rings. The lowest BCUT2D eigenvalue weighted by Crippen LogP contribution is -2.49. The fraction of sp³-hybridized carbons (Fsp3) is 0.632. The van der Waals surface area contributed by atoms with Crippen molar-refractivity contribution >= 4 is 5.91 Å². The maximum Gasteiger partial charge on any atom is 0.228 e. The first kappa shape index (κ1) is 18.3. The van der Waals surface area contributed by atoms with Crippen molar-refractivity contribution in [3.8, 4) is 0 Å². The van der Waals surface area contributed by atoms with E-state index in [2.05, 4.69) is 10.2 Å². The normalized spacial score (nSPS) is 24.8. The molecule has 1 aromatic carbocycles. The molecule has 2 aliphatic rings. The second-order valence-electron chi connectivity index (χ2n) is 7.58. The Kier molecular flexibility index (Phi) is 5.71. The number of piperidine rings is 1. The molecule has 2 aliphatic heterocycles. The quantitative estimate of drug-likeness (QED) is 0.862. The lowest BCUT2D eigenvalue weighted by Gasteiger charge is -2.37. The molecule has 5 nitrogen and oxygen atoms in total. The molecular weight excluding hydrogens is 321 g/mol. The van der Waals surface area contributed by atoms with E-state index < -0.39 is 6.10 Å². The Hall–Kier alpha value is -1.50. The third kappa shape index (κ3) is 4.57. The number of carbonyl (C=O) groups excluding carboxylic acids is 1. The van der Waals surface area contributed by atoms with Gasteiger partial charge in [-0.3, -0.25) is 9.69 Å². The monoisotopic (exact) mass is 349 g/mol. The van der Waals surface area contributed by atoms with Gasteiger partial charge in [0.15, 0.2) is 0 Å². The van der Waals surface area contributed by atoms with Gasteiger partial charge >= 0.3 is 0 Å². The van der Waals surface area contributed by atoms with Crippen LogP contribution in [0.25, 0.3) is 0 Å². The molecule has 1 atom stereocenters. The molecule has 1 aromatic rings. The number of hydrogen-bond donors (Lipinski definition) is 2. The number of nitrogens with one attached hydrogen (secondary N) is 1. The molecular formula is C19H28FN3O2. The van der Waals surface area contributed by atoms with E-state index in [1.807, 2.05) is 17.9 Å². The SMILES string of the molecule is CC1(C(=O)N2CCN(Cc3cccc(F)c3)CC(O)C2)CCNCC1. The van der Waals surface area contributed by atoms with Crippen LogP contribution >= 0.6 is 0 Å². The van der Waals surface area contributed by atoms with Crippen LogP contribution in [0.15, 0.2) is 24.3 Å². The highest BCUT2D eigenvalue weighted by Gasteiger charge is 2.39. The predicted octanol–water partition coefficient (Wildman–Crippen LogP) is 1.22. The van der Waals surface area contributed by atoms with Crippen LogP contribution in [-0.4, -0.2) is 66.2 Å². The predicted molar refractivity (Wildman–Crippen MR) is 94.5 cm³/mol. The van der Waals surface area contributed by atoms with Gasteiger partial charge in [0.25, 0.3) is 0 Å². The van der Waals surface area contributed by atoms with Crippen molar-refractivity contribution in [2.75, 3.05) is 39.3 Å². The molecule has 0 saturated carbocycles. The summed E-state index contributed by atoms with van der Waals surface area (Å²) >= 11 is 0. The number of hydrogen-bond acceptors (Lipinski definition) is 4. The third-order valence-electron chi connectivity index (χ3n) is 5.39. The van der Waals surface area contributed by atoms with E-state index in [1.54, 1.807) is 6.07 Å². The number of rotatable bonds is 3. The molecule has 6 heteroatoms. The molecule has 0 aromatic heterocycles. The summed E-state index contributed by atoms with van der Waals surface area (Å²) in [5, 5.41) is 13.7. The standard InChI is InChI=1S/C19H28FN3O2/c1-19(5-7-21-8-6-19)18(25)23-10-9-22(13-17(24)14-23)12-15-3-2-4-16(20)11-15/h2-4,11,17,21,24H,5-10,12-14H2,1H3. The van der Waals surface area contributed by atoms with E-state index >= 15 is 0 Å². The zero-order valence-corrected chi connectivity index (χ0v) is 14.9. The van der Waals surface area contributed by atoms with Crippen molar-refractivity contribution in [1.29, 1.82) is 0 Å². The van der Waals surface area contributed by atoms with Crippen LogP contribution in [0.5, 0.6) is 0 Å². The maximum absolute atomic E-state index is 13.4. The average molecular weight is 349 g/mol. The summed E-state index contributed by atoms with van der Waals surface area (Å²) in [5.74, 6) is -0.0934. The Morgan fingerprint density at radius 1 is 1.32 bits per heavy atom. The zero-order valence-electron chi connectivity index (χ0n) is 14.9. The van der Waals surface area contributed by atoms with E-state index in [0.717, 1.165) is 31.5 Å². The van der Waals surface area contributed by atoms with Crippen LogP contribution in [0.3, 0.4) is 0 Å². The zero-order chi connectivity index (χ0) is 17.9. The van der Waals surface area contributed by atoms with E-state index in [4.69, 9.17) is 0 Å². The Labute approximate surface area is 148 Å². The lowest BCUT2D eigenvalue weighted by atomic mass is 9.79. The fourth-order valence-electron chi connectivity index (χ4n) is 3.85. The number of carbonyl (C=O) groups is 1. The van der Waals surface area contributed by atoms with Crippen LogP contribution in [0.4, 0.5) is 4.39 Å². The Bertz CT molecular complexity index is 604. The van der Waals surface area contributed by atoms with Crippen molar-refractivity contribution in [2.24, 2.45) is 5.41 Å². The van der Waals surface area contributed by atoms with Crippen molar-refractivity contribution in [1.82, 2.24) is 15.1 Å². The van der Waals surface area contributed by atoms with Gasteiger partial charge in [-0.2, -0.15) is 0 Å². The fourth-order valence-corrected chi connectivity index (χ4v) is 3.85. The van der Waals surface area contributed by atoms with Crippen LogP contribution < -0.4 is 5.32 Å². The molecule has 1 unspecified atom stereocenters. The minimum absolute atomic E-state index is 0.153. The summed E-state index contributed by atoms with van der Waals surface area (Å²) in [6.45, 7) is 6.52. The van der Waals surface area contributed by atoms with Gasteiger partial charge in [-0.25, -0.2) is 4.39 Å². The van der Waals surface area contributed by atoms with Gasteiger partial charge < -0.3 is 15.3 Å². The Morgan fingerprint density at radius 2 is 2.08 bits per heavy atom. The van der Waals surface area contributed by atoms with Crippen molar-refractivity contribution in [2.45, 2.75) is 32.4 Å². The summed E-state index contributed by atoms with van der Waals surface area (Å²) in [4.78, 5) is 16.9. The second-order valence-corrected chi connectivity index (χ2v) is 7.58. The first-order valence-electron chi connectivity index (χ1n) is 9.11. The highest BCUT2D eigenvalue weighted by atomic mass is 19.1. The number of amides is 1. The van der Waals surface area contributed by atoms with E-state index in [9.17, 15) is 14.3 Å². The van der Waals surface area contributed by atoms with Crippen LogP contribution in [0.1, 0.15) is 25.3 Å². The van der Waals surface area contributed by atoms with Gasteiger partial charge in [-0.15, -0.1) is 0 Å². The van der Waals surface area contributed by atoms with Crippen molar-refractivity contribution < 1.29 is 14.3 Å². The first-order chi connectivity index (χ1) is 12.0. The molecule has 2 heterocycles. The Morgan fingerprint density at radius 3 is 2.80 bits per heavy atom. The number of aliphatic hydroxyl groups is 1. The molecule has 0 aliphatic carbocycles. The average Bonchev–Trinajstić information content (AvgIpc) is 2.76. The second kappa shape index (κ2) is 7.81. The van der Waals surface area contributed by atoms with Crippen molar-refractivity contribution in [3.63, 3.8) is 0 Å². The number of β-amino-alcohol motifs (C(OH)–C–C–N with tert-alkyl or cyclic N) is 1. The maximum atomic E-state index is 13.4. The van der Waals surface area contributed by atoms with Gasteiger partial charge in [0.05, 0.1) is 6.10 Å². The van der Waals surface area contributed by atoms with Crippen LogP contribution in [-0.2, 0) is 11.3 Å². The van der Waals surface area contributed by atoms with Gasteiger partial charge in [0.2, 0.25) is 5.91 Å². The number of nitrogens with zero attached hydrogens (tertiary/aromatic N) is 2. The van der Waals surface area contributed by atoms with E-state index in [0.29, 0.717) is 32.7 Å². The summed E-state index contributed by atoms with van der Waals surface area (Å²) < 4.78 is 13.4. The highest BCUT2D eigenvalue weighted by Crippen LogP contribution is 2.30. The summed E-state index contributed by atoms with van der Waals surface area (Å²) in [6.07, 6.45) is 1.10. The van der Waals surface area contributed by atoms with Crippen LogP contribution in [0, 0.1) is 11.2 Å². The minimum atomic E-state index is -0.578. The molecule has 0 bridgehead atoms. The van der Waals surface area contributed by atoms with Crippen molar-refractivity contribution in [3.05, 3.63) is 35.6 Å². The highest BCUT2D eigenvalue weighted by molar-refractivity contribution is 5.82. The number of halogens is 1. The molecule has 25 heavy (non-hydrogen) atoms. The first-order valence-corrected chi connectivity index (χ1v) is 9.11. The molecule has 1 amide bonds. The minimum Gasteiger partial charge on any atom is -0.390 e.